The second kappa shape index (κ2) is 6.34. The Morgan fingerprint density at radius 1 is 1.25 bits per heavy atom. The standard InChI is InChI=1S/C16H25N3O4S/c1-11-8-15(2,3)10-16(9-11,14(17)20)23-24(21,22)13-6-4-12(19-18)5-7-13/h4-7,11,19H,8-10,18H2,1-3H3,(H2,17,20). The smallest absolute Gasteiger partial charge is 0.298 e. The third-order valence-electron chi connectivity index (χ3n) is 4.37. The number of benzene rings is 1. The average molecular weight is 355 g/mol. The summed E-state index contributed by atoms with van der Waals surface area (Å²) < 4.78 is 30.7. The van der Waals surface area contributed by atoms with Crippen molar-refractivity contribution in [3.05, 3.63) is 24.3 Å². The van der Waals surface area contributed by atoms with E-state index in [9.17, 15) is 13.2 Å². The molecule has 1 aliphatic carbocycles. The zero-order valence-corrected chi connectivity index (χ0v) is 15.0. The molecule has 0 saturated heterocycles. The minimum atomic E-state index is -4.13. The number of rotatable bonds is 5. The summed E-state index contributed by atoms with van der Waals surface area (Å²) in [5.74, 6) is 4.65. The molecule has 1 saturated carbocycles. The van der Waals surface area contributed by atoms with Gasteiger partial charge in [-0.3, -0.25) is 10.6 Å². The molecule has 0 aliphatic heterocycles. The molecule has 2 unspecified atom stereocenters. The van der Waals surface area contributed by atoms with E-state index in [1.807, 2.05) is 20.8 Å². The molecule has 1 aromatic rings. The highest BCUT2D eigenvalue weighted by Crippen LogP contribution is 2.46. The highest BCUT2D eigenvalue weighted by Gasteiger charge is 2.51. The molecule has 2 rings (SSSR count). The number of carbonyl (C=O) groups excluding carboxylic acids is 1. The van der Waals surface area contributed by atoms with Crippen LogP contribution in [0.2, 0.25) is 0 Å². The van der Waals surface area contributed by atoms with Crippen molar-refractivity contribution < 1.29 is 17.4 Å². The van der Waals surface area contributed by atoms with Crippen LogP contribution >= 0.6 is 0 Å². The summed E-state index contributed by atoms with van der Waals surface area (Å²) in [7, 11) is -4.13. The van der Waals surface area contributed by atoms with E-state index in [4.69, 9.17) is 15.8 Å². The normalized spacial score (nSPS) is 26.8. The Bertz CT molecular complexity index is 715. The fraction of sp³-hybridized carbons (Fsp3) is 0.562. The molecule has 0 heterocycles. The second-order valence-corrected chi connectivity index (χ2v) is 8.97. The number of anilines is 1. The van der Waals surface area contributed by atoms with Gasteiger partial charge in [-0.15, -0.1) is 0 Å². The van der Waals surface area contributed by atoms with Gasteiger partial charge >= 0.3 is 0 Å². The molecule has 1 amide bonds. The highest BCUT2D eigenvalue weighted by molar-refractivity contribution is 7.86. The van der Waals surface area contributed by atoms with Gasteiger partial charge in [-0.05, 0) is 54.9 Å². The van der Waals surface area contributed by atoms with Gasteiger partial charge in [0.2, 0.25) is 0 Å². The van der Waals surface area contributed by atoms with Crippen molar-refractivity contribution in [3.8, 4) is 0 Å². The number of nitrogens with one attached hydrogen (secondary N) is 1. The van der Waals surface area contributed by atoms with Crippen LogP contribution in [0.5, 0.6) is 0 Å². The maximum absolute atomic E-state index is 12.6. The van der Waals surface area contributed by atoms with Crippen molar-refractivity contribution in [1.29, 1.82) is 0 Å². The van der Waals surface area contributed by atoms with E-state index < -0.39 is 21.6 Å². The summed E-state index contributed by atoms with van der Waals surface area (Å²) in [5, 5.41) is 0. The first-order valence-corrected chi connectivity index (χ1v) is 9.23. The highest BCUT2D eigenvalue weighted by atomic mass is 32.2. The fourth-order valence-corrected chi connectivity index (χ4v) is 4.96. The lowest BCUT2D eigenvalue weighted by molar-refractivity contribution is -0.141. The van der Waals surface area contributed by atoms with E-state index in [1.165, 1.54) is 24.3 Å². The number of amides is 1. The van der Waals surface area contributed by atoms with E-state index in [-0.39, 0.29) is 29.1 Å². The minimum Gasteiger partial charge on any atom is -0.367 e. The van der Waals surface area contributed by atoms with Crippen LogP contribution in [0, 0.1) is 11.3 Å². The number of hydrogen-bond acceptors (Lipinski definition) is 6. The first-order chi connectivity index (χ1) is 11.0. The topological polar surface area (TPSA) is 125 Å². The number of nitrogen functional groups attached to an aromatic ring is 1. The minimum absolute atomic E-state index is 0.0434. The van der Waals surface area contributed by atoms with Gasteiger partial charge in [0.1, 0.15) is 0 Å². The lowest BCUT2D eigenvalue weighted by Gasteiger charge is -2.44. The molecule has 0 bridgehead atoms. The Kier molecular flexibility index (Phi) is 4.94. The Hall–Kier alpha value is -1.64. The first kappa shape index (κ1) is 18.7. The lowest BCUT2D eigenvalue weighted by Crippen LogP contribution is -2.54. The molecule has 1 aromatic carbocycles. The molecule has 0 spiro atoms. The Labute approximate surface area is 142 Å². The first-order valence-electron chi connectivity index (χ1n) is 7.82. The number of hydrogen-bond donors (Lipinski definition) is 3. The van der Waals surface area contributed by atoms with Crippen molar-refractivity contribution in [1.82, 2.24) is 0 Å². The molecule has 2 atom stereocenters. The number of carbonyl (C=O) groups is 1. The van der Waals surface area contributed by atoms with Crippen LogP contribution in [0.1, 0.15) is 40.0 Å². The fourth-order valence-electron chi connectivity index (χ4n) is 3.76. The predicted octanol–water partition coefficient (Wildman–Crippen LogP) is 1.75. The number of primary amides is 1. The zero-order valence-electron chi connectivity index (χ0n) is 14.2. The van der Waals surface area contributed by atoms with Crippen molar-refractivity contribution in [3.63, 3.8) is 0 Å². The summed E-state index contributed by atoms with van der Waals surface area (Å²) in [6.45, 7) is 5.94. The summed E-state index contributed by atoms with van der Waals surface area (Å²) in [4.78, 5) is 12.1. The molecule has 5 N–H and O–H groups in total. The number of hydrazine groups is 1. The molecule has 8 heteroatoms. The van der Waals surface area contributed by atoms with Gasteiger partial charge in [0, 0.05) is 5.69 Å². The zero-order chi connectivity index (χ0) is 18.2. The Morgan fingerprint density at radius 2 is 1.83 bits per heavy atom. The molecule has 24 heavy (non-hydrogen) atoms. The molecule has 7 nitrogen and oxygen atoms in total. The van der Waals surface area contributed by atoms with Gasteiger partial charge < -0.3 is 11.2 Å². The van der Waals surface area contributed by atoms with E-state index in [0.29, 0.717) is 5.69 Å². The summed E-state index contributed by atoms with van der Waals surface area (Å²) in [6.07, 6.45) is 1.43. The van der Waals surface area contributed by atoms with Gasteiger partial charge in [0.05, 0.1) is 4.90 Å². The summed E-state index contributed by atoms with van der Waals surface area (Å²) in [6, 6.07) is 5.77. The quantitative estimate of drug-likeness (QED) is 0.420. The van der Waals surface area contributed by atoms with Gasteiger partial charge in [-0.1, -0.05) is 20.8 Å². The van der Waals surface area contributed by atoms with Crippen LogP contribution in [0.3, 0.4) is 0 Å². The SMILES string of the molecule is CC1CC(C)(C)CC(OS(=O)(=O)c2ccc(NN)cc2)(C(N)=O)C1. The van der Waals surface area contributed by atoms with Gasteiger partial charge in [0.25, 0.3) is 16.0 Å². The second-order valence-electron chi connectivity index (χ2n) is 7.42. The van der Waals surface area contributed by atoms with E-state index in [2.05, 4.69) is 5.43 Å². The van der Waals surface area contributed by atoms with Crippen LogP contribution in [0.15, 0.2) is 29.2 Å². The van der Waals surface area contributed by atoms with E-state index >= 15 is 0 Å². The van der Waals surface area contributed by atoms with E-state index in [0.717, 1.165) is 6.42 Å². The van der Waals surface area contributed by atoms with Crippen LogP contribution in [0.4, 0.5) is 5.69 Å². The number of nitrogens with two attached hydrogens (primary N) is 2. The maximum Gasteiger partial charge on any atom is 0.298 e. The van der Waals surface area contributed by atoms with Crippen LogP contribution in [-0.4, -0.2) is 19.9 Å². The predicted molar refractivity (Wildman–Crippen MR) is 91.2 cm³/mol. The third kappa shape index (κ3) is 3.88. The summed E-state index contributed by atoms with van der Waals surface area (Å²) >= 11 is 0. The van der Waals surface area contributed by atoms with Crippen molar-refractivity contribution in [2.24, 2.45) is 22.9 Å². The third-order valence-corrected chi connectivity index (χ3v) is 5.76. The van der Waals surface area contributed by atoms with Crippen LogP contribution in [0.25, 0.3) is 0 Å². The molecule has 1 fully saturated rings. The average Bonchev–Trinajstić information content (AvgIpc) is 2.44. The molecule has 134 valence electrons. The largest absolute Gasteiger partial charge is 0.367 e. The van der Waals surface area contributed by atoms with Gasteiger partial charge in [-0.2, -0.15) is 8.42 Å². The molecule has 0 radical (unpaired) electrons. The van der Waals surface area contributed by atoms with Gasteiger partial charge in [-0.25, -0.2) is 4.18 Å². The lowest BCUT2D eigenvalue weighted by atomic mass is 9.65. The summed E-state index contributed by atoms with van der Waals surface area (Å²) in [5.41, 5.74) is 6.78. The van der Waals surface area contributed by atoms with Crippen LogP contribution in [-0.2, 0) is 19.1 Å². The molecule has 0 aromatic heterocycles. The van der Waals surface area contributed by atoms with Gasteiger partial charge in [0.15, 0.2) is 5.60 Å². The van der Waals surface area contributed by atoms with E-state index in [1.54, 1.807) is 0 Å². The molecular formula is C16H25N3O4S. The van der Waals surface area contributed by atoms with Crippen LogP contribution < -0.4 is 17.0 Å². The Morgan fingerprint density at radius 3 is 2.29 bits per heavy atom. The monoisotopic (exact) mass is 355 g/mol. The van der Waals surface area contributed by atoms with Crippen molar-refractivity contribution in [2.45, 2.75) is 50.5 Å². The van der Waals surface area contributed by atoms with Crippen molar-refractivity contribution >= 4 is 21.7 Å². The molecule has 1 aliphatic rings. The Balaban J connectivity index is 2.37. The van der Waals surface area contributed by atoms with Crippen molar-refractivity contribution in [2.75, 3.05) is 5.43 Å². The maximum atomic E-state index is 12.6. The molecular weight excluding hydrogens is 330 g/mol.